The van der Waals surface area contributed by atoms with Crippen molar-refractivity contribution < 1.29 is 9.59 Å². The Bertz CT molecular complexity index is 1580. The molecule has 1 aliphatic rings. The zero-order valence-corrected chi connectivity index (χ0v) is 18.6. The summed E-state index contributed by atoms with van der Waals surface area (Å²) in [5.74, 6) is -0.593. The Morgan fingerprint density at radius 3 is 2.41 bits per heavy atom. The van der Waals surface area contributed by atoms with Gasteiger partial charge in [0.05, 0.1) is 5.39 Å². The molecule has 0 radical (unpaired) electrons. The van der Waals surface area contributed by atoms with Crippen molar-refractivity contribution in [1.29, 1.82) is 0 Å². The summed E-state index contributed by atoms with van der Waals surface area (Å²) in [4.78, 5) is 56.2. The monoisotopic (exact) mass is 455 g/mol. The van der Waals surface area contributed by atoms with Crippen LogP contribution in [0.25, 0.3) is 11.0 Å². The summed E-state index contributed by atoms with van der Waals surface area (Å²) in [6.07, 6.45) is 0.826. The van der Waals surface area contributed by atoms with E-state index in [1.54, 1.807) is 29.2 Å². The second-order valence-electron chi connectivity index (χ2n) is 8.14. The van der Waals surface area contributed by atoms with Crippen LogP contribution in [0.15, 0.2) is 70.3 Å². The van der Waals surface area contributed by atoms with E-state index >= 15 is 0 Å². The molecule has 170 valence electrons. The maximum Gasteiger partial charge on any atom is 0.332 e. The fourth-order valence-electron chi connectivity index (χ4n) is 4.18. The smallest absolute Gasteiger partial charge is 0.321 e. The molecule has 4 aromatic rings. The van der Waals surface area contributed by atoms with Crippen molar-refractivity contribution in [3.63, 3.8) is 0 Å². The molecule has 0 atom stereocenters. The average Bonchev–Trinajstić information content (AvgIpc) is 3.30. The zero-order chi connectivity index (χ0) is 24.0. The number of nitrogens with zero attached hydrogens (tertiary/aromatic N) is 4. The third kappa shape index (κ3) is 3.47. The average molecular weight is 455 g/mol. The number of nitrogens with one attached hydrogen (secondary N) is 1. The highest BCUT2D eigenvalue weighted by Gasteiger charge is 2.25. The van der Waals surface area contributed by atoms with E-state index < -0.39 is 17.2 Å². The number of carbonyl (C=O) groups is 2. The Kier molecular flexibility index (Phi) is 5.09. The molecule has 9 heteroatoms. The van der Waals surface area contributed by atoms with E-state index in [1.807, 2.05) is 24.3 Å². The molecule has 34 heavy (non-hydrogen) atoms. The first-order valence-corrected chi connectivity index (χ1v) is 10.7. The summed E-state index contributed by atoms with van der Waals surface area (Å²) >= 11 is 0. The number of benzene rings is 2. The number of carbonyl (C=O) groups excluding carboxylic acids is 2. The first-order chi connectivity index (χ1) is 16.3. The molecule has 9 nitrogen and oxygen atoms in total. The van der Waals surface area contributed by atoms with Crippen LogP contribution in [0.1, 0.15) is 26.4 Å². The van der Waals surface area contributed by atoms with E-state index in [-0.39, 0.29) is 22.6 Å². The third-order valence-corrected chi connectivity index (χ3v) is 6.06. The Hall–Kier alpha value is -4.53. The van der Waals surface area contributed by atoms with Crippen LogP contribution in [0.3, 0.4) is 0 Å². The predicted octanol–water partition coefficient (Wildman–Crippen LogP) is 2.09. The molecule has 1 aliphatic heterocycles. The van der Waals surface area contributed by atoms with Crippen molar-refractivity contribution >= 4 is 34.2 Å². The van der Waals surface area contributed by atoms with Gasteiger partial charge in [0, 0.05) is 37.6 Å². The molecule has 0 saturated heterocycles. The summed E-state index contributed by atoms with van der Waals surface area (Å²) in [6.45, 7) is 0.635. The van der Waals surface area contributed by atoms with Crippen molar-refractivity contribution in [1.82, 2.24) is 14.1 Å². The highest BCUT2D eigenvalue weighted by atomic mass is 16.2. The third-order valence-electron chi connectivity index (χ3n) is 6.06. The molecule has 0 fully saturated rings. The first-order valence-electron chi connectivity index (χ1n) is 10.7. The van der Waals surface area contributed by atoms with Crippen LogP contribution < -0.4 is 21.5 Å². The standard InChI is InChI=1S/C25H21N5O4/c1-28-21-18(24(33)29(2)25(28)34)11-12-19(27-21)22(31)26-17-9-7-16(8-10-17)23(32)30-14-13-15-5-3-4-6-20(15)30/h3-12H,13-14H2,1-2H3,(H,26,31). The van der Waals surface area contributed by atoms with Gasteiger partial charge >= 0.3 is 5.69 Å². The van der Waals surface area contributed by atoms with Crippen LogP contribution in [0.4, 0.5) is 11.4 Å². The van der Waals surface area contributed by atoms with Gasteiger partial charge in [-0.05, 0) is 54.4 Å². The maximum atomic E-state index is 13.0. The van der Waals surface area contributed by atoms with E-state index in [2.05, 4.69) is 10.3 Å². The number of aryl methyl sites for hydroxylation is 1. The topological polar surface area (TPSA) is 106 Å². The van der Waals surface area contributed by atoms with Crippen molar-refractivity contribution in [3.8, 4) is 0 Å². The van der Waals surface area contributed by atoms with Crippen LogP contribution in [-0.2, 0) is 20.5 Å². The van der Waals surface area contributed by atoms with E-state index in [0.717, 1.165) is 22.2 Å². The number of fused-ring (bicyclic) bond motifs is 2. The van der Waals surface area contributed by atoms with E-state index in [4.69, 9.17) is 0 Å². The second-order valence-corrected chi connectivity index (χ2v) is 8.14. The Labute approximate surface area is 193 Å². The van der Waals surface area contributed by atoms with Gasteiger partial charge in [-0.3, -0.25) is 23.5 Å². The van der Waals surface area contributed by atoms with Crippen LogP contribution in [0.5, 0.6) is 0 Å². The lowest BCUT2D eigenvalue weighted by Crippen LogP contribution is -2.37. The summed E-state index contributed by atoms with van der Waals surface area (Å²) in [6, 6.07) is 17.4. The number of para-hydroxylation sites is 1. The van der Waals surface area contributed by atoms with Crippen LogP contribution in [0, 0.1) is 0 Å². The lowest BCUT2D eigenvalue weighted by molar-refractivity contribution is 0.0988. The molecule has 5 rings (SSSR count). The molecule has 0 bridgehead atoms. The van der Waals surface area contributed by atoms with Crippen molar-refractivity contribution in [2.75, 3.05) is 16.8 Å². The van der Waals surface area contributed by atoms with Gasteiger partial charge in [0.1, 0.15) is 11.3 Å². The predicted molar refractivity (Wildman–Crippen MR) is 128 cm³/mol. The minimum Gasteiger partial charge on any atom is -0.321 e. The first kappa shape index (κ1) is 21.3. The molecular weight excluding hydrogens is 434 g/mol. The van der Waals surface area contributed by atoms with Gasteiger partial charge in [0.25, 0.3) is 17.4 Å². The highest BCUT2D eigenvalue weighted by Crippen LogP contribution is 2.29. The van der Waals surface area contributed by atoms with Gasteiger partial charge in [-0.1, -0.05) is 18.2 Å². The number of hydrogen-bond acceptors (Lipinski definition) is 5. The second kappa shape index (κ2) is 8.11. The van der Waals surface area contributed by atoms with Crippen LogP contribution in [0.2, 0.25) is 0 Å². The van der Waals surface area contributed by atoms with Gasteiger partial charge in [0.2, 0.25) is 0 Å². The molecule has 2 aromatic heterocycles. The number of anilines is 2. The largest absolute Gasteiger partial charge is 0.332 e. The molecule has 2 amide bonds. The quantitative estimate of drug-likeness (QED) is 0.509. The SMILES string of the molecule is Cn1c(=O)c2ccc(C(=O)Nc3ccc(C(=O)N4CCc5ccccc54)cc3)nc2n(C)c1=O. The minimum absolute atomic E-state index is 0.0598. The molecule has 1 N–H and O–H groups in total. The van der Waals surface area contributed by atoms with Gasteiger partial charge < -0.3 is 10.2 Å². The fourth-order valence-corrected chi connectivity index (χ4v) is 4.18. The minimum atomic E-state index is -0.525. The maximum absolute atomic E-state index is 13.0. The number of hydrogen-bond donors (Lipinski definition) is 1. The summed E-state index contributed by atoms with van der Waals surface area (Å²) in [5, 5.41) is 2.98. The molecule has 0 saturated carbocycles. The molecule has 2 aromatic carbocycles. The normalized spacial score (nSPS) is 12.6. The molecule has 0 spiro atoms. The van der Waals surface area contributed by atoms with Crippen molar-refractivity contribution in [3.05, 3.63) is 98.3 Å². The molecule has 3 heterocycles. The summed E-state index contributed by atoms with van der Waals surface area (Å²) < 4.78 is 2.22. The van der Waals surface area contributed by atoms with Crippen molar-refractivity contribution in [2.45, 2.75) is 6.42 Å². The Morgan fingerprint density at radius 1 is 0.912 bits per heavy atom. The zero-order valence-electron chi connectivity index (χ0n) is 18.6. The number of aromatic nitrogens is 3. The molecular formula is C25H21N5O4. The van der Waals surface area contributed by atoms with Gasteiger partial charge in [-0.2, -0.15) is 0 Å². The highest BCUT2D eigenvalue weighted by molar-refractivity contribution is 6.08. The van der Waals surface area contributed by atoms with Crippen LogP contribution >= 0.6 is 0 Å². The van der Waals surface area contributed by atoms with Crippen LogP contribution in [-0.4, -0.2) is 32.5 Å². The summed E-state index contributed by atoms with van der Waals surface area (Å²) in [5.41, 5.74) is 2.28. The van der Waals surface area contributed by atoms with E-state index in [1.165, 1.54) is 30.8 Å². The van der Waals surface area contributed by atoms with E-state index in [0.29, 0.717) is 17.8 Å². The lowest BCUT2D eigenvalue weighted by atomic mass is 10.1. The van der Waals surface area contributed by atoms with Gasteiger partial charge in [-0.15, -0.1) is 0 Å². The van der Waals surface area contributed by atoms with E-state index in [9.17, 15) is 19.2 Å². The number of rotatable bonds is 3. The van der Waals surface area contributed by atoms with Gasteiger partial charge in [0.15, 0.2) is 0 Å². The Balaban J connectivity index is 1.36. The summed E-state index contributed by atoms with van der Waals surface area (Å²) in [7, 11) is 2.88. The fraction of sp³-hybridized carbons (Fsp3) is 0.160. The van der Waals surface area contributed by atoms with Gasteiger partial charge in [-0.25, -0.2) is 9.78 Å². The molecule has 0 aliphatic carbocycles. The molecule has 0 unspecified atom stereocenters. The number of amides is 2. The Morgan fingerprint density at radius 2 is 1.65 bits per heavy atom. The number of pyridine rings is 1. The lowest BCUT2D eigenvalue weighted by Gasteiger charge is -2.17. The van der Waals surface area contributed by atoms with Crippen molar-refractivity contribution in [2.24, 2.45) is 14.1 Å².